The van der Waals surface area contributed by atoms with Crippen LogP contribution in [0.5, 0.6) is 0 Å². The maximum atomic E-state index is 12.5. The SMILES string of the molecule is Cc1ccc(NC(=O)[C@@H](C)OC(=O)[C@@H]2CS[C@@]3(C)CCC(=O)N23)c(C)c1. The highest BCUT2D eigenvalue weighted by Crippen LogP contribution is 2.47. The molecule has 3 atom stereocenters. The Labute approximate surface area is 157 Å². The van der Waals surface area contributed by atoms with Crippen LogP contribution in [-0.2, 0) is 19.1 Å². The quantitative estimate of drug-likeness (QED) is 0.818. The molecule has 0 aliphatic carbocycles. The van der Waals surface area contributed by atoms with Gasteiger partial charge in [-0.25, -0.2) is 4.79 Å². The highest BCUT2D eigenvalue weighted by molar-refractivity contribution is 8.01. The summed E-state index contributed by atoms with van der Waals surface area (Å²) >= 11 is 1.60. The molecule has 2 heterocycles. The van der Waals surface area contributed by atoms with Gasteiger partial charge >= 0.3 is 5.97 Å². The van der Waals surface area contributed by atoms with Gasteiger partial charge in [-0.15, -0.1) is 11.8 Å². The average Bonchev–Trinajstić information content (AvgIpc) is 3.06. The Morgan fingerprint density at radius 1 is 1.38 bits per heavy atom. The van der Waals surface area contributed by atoms with Crippen LogP contribution >= 0.6 is 11.8 Å². The monoisotopic (exact) mass is 376 g/mol. The number of carbonyl (C=O) groups excluding carboxylic acids is 3. The van der Waals surface area contributed by atoms with Crippen molar-refractivity contribution in [2.24, 2.45) is 0 Å². The number of esters is 1. The summed E-state index contributed by atoms with van der Waals surface area (Å²) in [4.78, 5) is 38.4. The molecule has 0 aromatic heterocycles. The normalized spacial score (nSPS) is 25.8. The van der Waals surface area contributed by atoms with Crippen molar-refractivity contribution in [3.63, 3.8) is 0 Å². The Bertz CT molecular complexity index is 766. The fourth-order valence-corrected chi connectivity index (χ4v) is 4.91. The molecule has 26 heavy (non-hydrogen) atoms. The molecule has 6 nitrogen and oxygen atoms in total. The Hall–Kier alpha value is -2.02. The molecule has 0 radical (unpaired) electrons. The van der Waals surface area contributed by atoms with Gasteiger partial charge in [0.05, 0.1) is 4.87 Å². The number of rotatable bonds is 4. The number of nitrogens with one attached hydrogen (secondary N) is 1. The lowest BCUT2D eigenvalue weighted by Crippen LogP contribution is -2.48. The molecule has 0 bridgehead atoms. The van der Waals surface area contributed by atoms with Gasteiger partial charge in [-0.05, 0) is 45.7 Å². The van der Waals surface area contributed by atoms with Crippen molar-refractivity contribution >= 4 is 35.2 Å². The van der Waals surface area contributed by atoms with Crippen molar-refractivity contribution in [2.75, 3.05) is 11.1 Å². The maximum Gasteiger partial charge on any atom is 0.330 e. The third-order valence-electron chi connectivity index (χ3n) is 5.02. The molecule has 0 unspecified atom stereocenters. The summed E-state index contributed by atoms with van der Waals surface area (Å²) < 4.78 is 5.38. The number of thioether (sulfide) groups is 1. The molecule has 2 amide bonds. The Morgan fingerprint density at radius 3 is 2.81 bits per heavy atom. The first-order chi connectivity index (χ1) is 12.2. The molecular weight excluding hydrogens is 352 g/mol. The van der Waals surface area contributed by atoms with Gasteiger partial charge in [-0.3, -0.25) is 9.59 Å². The van der Waals surface area contributed by atoms with E-state index in [2.05, 4.69) is 5.32 Å². The van der Waals surface area contributed by atoms with Gasteiger partial charge in [0.2, 0.25) is 5.91 Å². The Kier molecular flexibility index (Phi) is 5.01. The zero-order valence-electron chi connectivity index (χ0n) is 15.5. The highest BCUT2D eigenvalue weighted by Gasteiger charge is 2.53. The third kappa shape index (κ3) is 3.45. The second kappa shape index (κ2) is 6.95. The van der Waals surface area contributed by atoms with Crippen LogP contribution in [0.3, 0.4) is 0 Å². The number of anilines is 1. The molecule has 0 saturated carbocycles. The number of benzene rings is 1. The molecule has 0 spiro atoms. The standard InChI is InChI=1S/C19H24N2O4S/c1-11-5-6-14(12(2)9-11)20-17(23)13(3)25-18(24)15-10-26-19(4)8-7-16(22)21(15)19/h5-6,9,13,15H,7-8,10H2,1-4H3,(H,20,23)/t13-,15+,19+/m1/s1. The van der Waals surface area contributed by atoms with Crippen molar-refractivity contribution < 1.29 is 19.1 Å². The van der Waals surface area contributed by atoms with Crippen LogP contribution < -0.4 is 5.32 Å². The van der Waals surface area contributed by atoms with Crippen LogP contribution in [0.1, 0.15) is 37.8 Å². The number of hydrogen-bond acceptors (Lipinski definition) is 5. The smallest absolute Gasteiger partial charge is 0.330 e. The van der Waals surface area contributed by atoms with E-state index in [0.29, 0.717) is 17.9 Å². The molecule has 1 aromatic carbocycles. The van der Waals surface area contributed by atoms with E-state index in [0.717, 1.165) is 17.5 Å². The van der Waals surface area contributed by atoms with E-state index in [-0.39, 0.29) is 16.7 Å². The van der Waals surface area contributed by atoms with E-state index >= 15 is 0 Å². The topological polar surface area (TPSA) is 75.7 Å². The zero-order valence-corrected chi connectivity index (χ0v) is 16.3. The van der Waals surface area contributed by atoms with Gasteiger partial charge < -0.3 is 15.0 Å². The van der Waals surface area contributed by atoms with E-state index in [9.17, 15) is 14.4 Å². The van der Waals surface area contributed by atoms with Crippen LogP contribution in [0.4, 0.5) is 5.69 Å². The number of amides is 2. The number of fused-ring (bicyclic) bond motifs is 1. The van der Waals surface area contributed by atoms with Crippen molar-refractivity contribution in [2.45, 2.75) is 57.6 Å². The zero-order chi connectivity index (χ0) is 19.1. The summed E-state index contributed by atoms with van der Waals surface area (Å²) in [7, 11) is 0. The Balaban J connectivity index is 1.62. The molecule has 1 aromatic rings. The van der Waals surface area contributed by atoms with Crippen LogP contribution in [0.15, 0.2) is 18.2 Å². The molecule has 2 aliphatic heterocycles. The summed E-state index contributed by atoms with van der Waals surface area (Å²) in [5, 5.41) is 2.79. The van der Waals surface area contributed by atoms with Gasteiger partial charge in [-0.1, -0.05) is 17.7 Å². The first kappa shape index (κ1) is 18.8. The molecule has 2 fully saturated rings. The number of ether oxygens (including phenoxy) is 1. The second-order valence-electron chi connectivity index (χ2n) is 7.15. The van der Waals surface area contributed by atoms with Gasteiger partial charge in [0, 0.05) is 17.9 Å². The van der Waals surface area contributed by atoms with Crippen molar-refractivity contribution in [1.82, 2.24) is 4.90 Å². The van der Waals surface area contributed by atoms with E-state index in [1.807, 2.05) is 39.0 Å². The van der Waals surface area contributed by atoms with Crippen LogP contribution in [0.25, 0.3) is 0 Å². The predicted octanol–water partition coefficient (Wildman–Crippen LogP) is 2.63. The first-order valence-electron chi connectivity index (χ1n) is 8.76. The number of carbonyl (C=O) groups is 3. The summed E-state index contributed by atoms with van der Waals surface area (Å²) in [5.41, 5.74) is 2.75. The lowest BCUT2D eigenvalue weighted by molar-refractivity contribution is -0.160. The molecular formula is C19H24N2O4S. The fraction of sp³-hybridized carbons (Fsp3) is 0.526. The summed E-state index contributed by atoms with van der Waals surface area (Å²) in [6.45, 7) is 7.42. The third-order valence-corrected chi connectivity index (χ3v) is 6.52. The number of nitrogens with zero attached hydrogens (tertiary/aromatic N) is 1. The van der Waals surface area contributed by atoms with E-state index in [1.165, 1.54) is 0 Å². The summed E-state index contributed by atoms with van der Waals surface area (Å²) in [6.07, 6.45) is 0.261. The molecule has 3 rings (SSSR count). The van der Waals surface area contributed by atoms with Crippen LogP contribution in [-0.4, -0.2) is 45.5 Å². The van der Waals surface area contributed by atoms with E-state index in [1.54, 1.807) is 23.6 Å². The number of aryl methyl sites for hydroxylation is 2. The lowest BCUT2D eigenvalue weighted by atomic mass is 10.1. The summed E-state index contributed by atoms with van der Waals surface area (Å²) in [6, 6.07) is 5.10. The van der Waals surface area contributed by atoms with Gasteiger partial charge in [0.25, 0.3) is 5.91 Å². The predicted molar refractivity (Wildman–Crippen MR) is 101 cm³/mol. The van der Waals surface area contributed by atoms with E-state index in [4.69, 9.17) is 4.74 Å². The molecule has 1 N–H and O–H groups in total. The number of hydrogen-bond donors (Lipinski definition) is 1. The molecule has 7 heteroatoms. The molecule has 140 valence electrons. The minimum absolute atomic E-state index is 0.0214. The fourth-order valence-electron chi connectivity index (χ4n) is 3.49. The van der Waals surface area contributed by atoms with Gasteiger partial charge in [-0.2, -0.15) is 0 Å². The summed E-state index contributed by atoms with van der Waals surface area (Å²) in [5.74, 6) is -0.412. The minimum Gasteiger partial charge on any atom is -0.451 e. The highest BCUT2D eigenvalue weighted by atomic mass is 32.2. The minimum atomic E-state index is -0.933. The largest absolute Gasteiger partial charge is 0.451 e. The average molecular weight is 376 g/mol. The second-order valence-corrected chi connectivity index (χ2v) is 8.65. The Morgan fingerprint density at radius 2 is 2.12 bits per heavy atom. The van der Waals surface area contributed by atoms with Gasteiger partial charge in [0.15, 0.2) is 6.10 Å². The van der Waals surface area contributed by atoms with Crippen LogP contribution in [0, 0.1) is 13.8 Å². The van der Waals surface area contributed by atoms with E-state index < -0.39 is 18.1 Å². The van der Waals surface area contributed by atoms with Crippen LogP contribution in [0.2, 0.25) is 0 Å². The molecule has 2 saturated heterocycles. The lowest BCUT2D eigenvalue weighted by Gasteiger charge is -2.29. The van der Waals surface area contributed by atoms with Crippen molar-refractivity contribution in [3.8, 4) is 0 Å². The maximum absolute atomic E-state index is 12.5. The first-order valence-corrected chi connectivity index (χ1v) is 9.74. The van der Waals surface area contributed by atoms with Crippen molar-refractivity contribution in [1.29, 1.82) is 0 Å². The molecule has 2 aliphatic rings. The van der Waals surface area contributed by atoms with Gasteiger partial charge in [0.1, 0.15) is 6.04 Å². The van der Waals surface area contributed by atoms with Crippen molar-refractivity contribution in [3.05, 3.63) is 29.3 Å².